The molecule has 11 heteroatoms. The number of aliphatic hydroxyl groups is 1. The van der Waals surface area contributed by atoms with Gasteiger partial charge in [-0.05, 0) is 51.4 Å². The highest BCUT2D eigenvalue weighted by Gasteiger charge is 2.16. The topological polar surface area (TPSA) is 142 Å². The maximum atomic E-state index is 12.1. The fraction of sp³-hybridized carbons (Fsp3) is 0.783. The van der Waals surface area contributed by atoms with Crippen LogP contribution in [0, 0.1) is 0 Å². The van der Waals surface area contributed by atoms with Crippen LogP contribution in [0.4, 0.5) is 0 Å². The summed E-state index contributed by atoms with van der Waals surface area (Å²) in [6, 6.07) is 0. The second-order valence-corrected chi connectivity index (χ2v) is 17.2. The number of unbranched alkanes of at least 4 members (excludes halogenated alkanes) is 18. The number of rotatable bonds is 38. The SMILES string of the molecule is CCCCC/C=C\C/C=C\C/C=C\C/C=C\CCCC(=O)O[C@@H](CO)COC(=O)CCCCCCCCCCCCCCCCC.C[N+](C)(C)CCOP(=O)([O-])O. The van der Waals surface area contributed by atoms with Crippen LogP contribution in [0.5, 0.6) is 0 Å². The fourth-order valence-electron chi connectivity index (χ4n) is 5.62. The molecule has 2 N–H and O–H groups in total. The maximum absolute atomic E-state index is 12.1. The summed E-state index contributed by atoms with van der Waals surface area (Å²) in [5, 5.41) is 9.53. The molecule has 0 spiro atoms. The molecular formula is C46H86NO9P. The molecule has 10 nitrogen and oxygen atoms in total. The molecule has 0 aliphatic carbocycles. The van der Waals surface area contributed by atoms with Crippen molar-refractivity contribution in [2.75, 3.05) is 47.5 Å². The number of phosphoric acid groups is 1. The lowest BCUT2D eigenvalue weighted by molar-refractivity contribution is -0.870. The third-order valence-corrected chi connectivity index (χ3v) is 9.65. The predicted molar refractivity (Wildman–Crippen MR) is 235 cm³/mol. The number of hydrogen-bond donors (Lipinski definition) is 2. The molecule has 0 aromatic heterocycles. The van der Waals surface area contributed by atoms with Gasteiger partial charge in [0.15, 0.2) is 6.10 Å². The summed E-state index contributed by atoms with van der Waals surface area (Å²) < 4.78 is 25.4. The van der Waals surface area contributed by atoms with E-state index in [2.05, 4.69) is 67.0 Å². The molecule has 0 aromatic rings. The molecule has 0 bridgehead atoms. The van der Waals surface area contributed by atoms with E-state index < -0.39 is 13.9 Å². The molecule has 0 saturated heterocycles. The van der Waals surface area contributed by atoms with Crippen molar-refractivity contribution < 1.29 is 47.5 Å². The van der Waals surface area contributed by atoms with Gasteiger partial charge in [-0.3, -0.25) is 14.2 Å². The van der Waals surface area contributed by atoms with Gasteiger partial charge in [0.2, 0.25) is 0 Å². The van der Waals surface area contributed by atoms with Crippen molar-refractivity contribution in [2.24, 2.45) is 0 Å². The van der Waals surface area contributed by atoms with E-state index in [4.69, 9.17) is 14.4 Å². The van der Waals surface area contributed by atoms with E-state index in [1.165, 1.54) is 103 Å². The molecule has 2 atom stereocenters. The minimum atomic E-state index is -4.51. The van der Waals surface area contributed by atoms with Crippen LogP contribution in [-0.4, -0.2) is 80.0 Å². The van der Waals surface area contributed by atoms with Crippen molar-refractivity contribution in [1.29, 1.82) is 0 Å². The van der Waals surface area contributed by atoms with Crippen LogP contribution in [0.3, 0.4) is 0 Å². The van der Waals surface area contributed by atoms with Crippen molar-refractivity contribution >= 4 is 19.8 Å². The van der Waals surface area contributed by atoms with Crippen LogP contribution in [-0.2, 0) is 28.2 Å². The van der Waals surface area contributed by atoms with E-state index in [0.29, 0.717) is 23.9 Å². The van der Waals surface area contributed by atoms with Crippen molar-refractivity contribution in [3.8, 4) is 0 Å². The first-order valence-electron chi connectivity index (χ1n) is 22.4. The number of esters is 2. The van der Waals surface area contributed by atoms with Gasteiger partial charge >= 0.3 is 11.9 Å². The molecule has 0 aromatic carbocycles. The number of nitrogens with zero attached hydrogens (tertiary/aromatic N) is 1. The Morgan fingerprint density at radius 3 is 1.46 bits per heavy atom. The Morgan fingerprint density at radius 2 is 1.02 bits per heavy atom. The van der Waals surface area contributed by atoms with Crippen molar-refractivity contribution in [2.45, 2.75) is 187 Å². The Bertz CT molecular complexity index is 1080. The molecule has 334 valence electrons. The van der Waals surface area contributed by atoms with E-state index in [1.54, 1.807) is 0 Å². The molecule has 0 fully saturated rings. The molecule has 57 heavy (non-hydrogen) atoms. The Balaban J connectivity index is 0. The number of likely N-dealkylation sites (N-methyl/N-ethyl adjacent to an activating group) is 1. The number of ether oxygens (including phenoxy) is 2. The Kier molecular flexibility index (Phi) is 42.1. The number of carbonyl (C=O) groups is 2. The quantitative estimate of drug-likeness (QED) is 0.0204. The summed E-state index contributed by atoms with van der Waals surface area (Å²) in [6.45, 7) is 4.61. The summed E-state index contributed by atoms with van der Waals surface area (Å²) in [7, 11) is 1.19. The summed E-state index contributed by atoms with van der Waals surface area (Å²) in [4.78, 5) is 42.4. The Hall–Kier alpha value is -2.07. The van der Waals surface area contributed by atoms with E-state index in [0.717, 1.165) is 44.9 Å². The average Bonchev–Trinajstić information content (AvgIpc) is 3.15. The fourth-order valence-corrected chi connectivity index (χ4v) is 5.94. The highest BCUT2D eigenvalue weighted by Crippen LogP contribution is 2.29. The Labute approximate surface area is 349 Å². The zero-order valence-corrected chi connectivity index (χ0v) is 38.0. The number of quaternary nitrogens is 1. The van der Waals surface area contributed by atoms with Gasteiger partial charge in [-0.1, -0.05) is 165 Å². The van der Waals surface area contributed by atoms with Crippen LogP contribution in [0.2, 0.25) is 0 Å². The van der Waals surface area contributed by atoms with E-state index in [-0.39, 0.29) is 38.2 Å². The number of phosphoric ester groups is 1. The minimum Gasteiger partial charge on any atom is -0.756 e. The summed E-state index contributed by atoms with van der Waals surface area (Å²) in [5.41, 5.74) is 0. The molecule has 0 saturated carbocycles. The standard InChI is InChI=1S/C41H72O5.C5H14NO4P/c1-3-5-7-9-11-13-15-17-19-20-22-24-26-28-30-32-34-36-41(44)46-39(37-42)38-45-40(43)35-33-31-29-27-25-23-21-18-16-14-12-10-8-6-4-2;1-6(2,3)4-5-10-11(7,8)9/h11,13,17,19,22,24,28,30,39,42H,3-10,12,14-16,18,20-21,23,25-27,29,31-38H2,1-2H3;4-5H2,1-3H3,(H-,7,8,9)/b13-11-,19-17-,24-22-,30-28-;/t39-;/m0./s1. The van der Waals surface area contributed by atoms with Crippen LogP contribution < -0.4 is 4.89 Å². The highest BCUT2D eigenvalue weighted by atomic mass is 31.2. The molecule has 0 amide bonds. The van der Waals surface area contributed by atoms with Gasteiger partial charge in [0.05, 0.1) is 27.7 Å². The first kappa shape index (κ1) is 57.0. The normalized spacial score (nSPS) is 13.7. The average molecular weight is 828 g/mol. The molecule has 0 rings (SSSR count). The first-order chi connectivity index (χ1) is 27.3. The van der Waals surface area contributed by atoms with Gasteiger partial charge in [0, 0.05) is 12.8 Å². The molecule has 1 unspecified atom stereocenters. The summed E-state index contributed by atoms with van der Waals surface area (Å²) in [5.74, 6) is -0.655. The van der Waals surface area contributed by atoms with Crippen molar-refractivity contribution in [3.63, 3.8) is 0 Å². The first-order valence-corrected chi connectivity index (χ1v) is 23.9. The number of hydrogen-bond acceptors (Lipinski definition) is 8. The van der Waals surface area contributed by atoms with E-state index >= 15 is 0 Å². The van der Waals surface area contributed by atoms with Crippen molar-refractivity contribution in [1.82, 2.24) is 0 Å². The van der Waals surface area contributed by atoms with Gasteiger partial charge in [-0.2, -0.15) is 0 Å². The summed E-state index contributed by atoms with van der Waals surface area (Å²) >= 11 is 0. The van der Waals surface area contributed by atoms with Crippen LogP contribution in [0.1, 0.15) is 181 Å². The lowest BCUT2D eigenvalue weighted by atomic mass is 10.0. The zero-order chi connectivity index (χ0) is 42.7. The third-order valence-electron chi connectivity index (χ3n) is 9.14. The van der Waals surface area contributed by atoms with Crippen LogP contribution in [0.25, 0.3) is 0 Å². The molecular weight excluding hydrogens is 741 g/mol. The van der Waals surface area contributed by atoms with Crippen molar-refractivity contribution in [3.05, 3.63) is 48.6 Å². The molecule has 0 radical (unpaired) electrons. The second-order valence-electron chi connectivity index (χ2n) is 16.0. The van der Waals surface area contributed by atoms with Gasteiger partial charge in [-0.15, -0.1) is 0 Å². The largest absolute Gasteiger partial charge is 0.756 e. The Morgan fingerprint density at radius 1 is 0.614 bits per heavy atom. The highest BCUT2D eigenvalue weighted by molar-refractivity contribution is 7.44. The lowest BCUT2D eigenvalue weighted by Gasteiger charge is -2.25. The predicted octanol–water partition coefficient (Wildman–Crippen LogP) is 11.0. The molecule has 0 aliphatic rings. The third kappa shape index (κ3) is 51.9. The van der Waals surface area contributed by atoms with E-state index in [1.807, 2.05) is 21.1 Å². The smallest absolute Gasteiger partial charge is 0.306 e. The van der Waals surface area contributed by atoms with Gasteiger partial charge < -0.3 is 33.4 Å². The number of allylic oxidation sites excluding steroid dienone is 8. The van der Waals surface area contributed by atoms with Crippen LogP contribution in [0.15, 0.2) is 48.6 Å². The van der Waals surface area contributed by atoms with Crippen LogP contribution >= 0.6 is 7.82 Å². The van der Waals surface area contributed by atoms with E-state index in [9.17, 15) is 24.2 Å². The minimum absolute atomic E-state index is 0.0147. The number of carbonyl (C=O) groups excluding carboxylic acids is 2. The maximum Gasteiger partial charge on any atom is 0.306 e. The summed E-state index contributed by atoms with van der Waals surface area (Å²) in [6.07, 6.45) is 46.0. The monoisotopic (exact) mass is 828 g/mol. The second kappa shape index (κ2) is 42.1. The molecule has 0 aliphatic heterocycles. The number of aliphatic hydroxyl groups excluding tert-OH is 1. The lowest BCUT2D eigenvalue weighted by Crippen LogP contribution is -2.37. The molecule has 0 heterocycles. The zero-order valence-electron chi connectivity index (χ0n) is 37.1. The van der Waals surface area contributed by atoms with Gasteiger partial charge in [0.1, 0.15) is 19.8 Å². The van der Waals surface area contributed by atoms with Gasteiger partial charge in [-0.25, -0.2) is 0 Å². The van der Waals surface area contributed by atoms with Gasteiger partial charge in [0.25, 0.3) is 7.82 Å².